The first-order valence-corrected chi connectivity index (χ1v) is 8.38. The standard InChI is InChI=1S/C20H23N3O.HI/c1-2-21-20(22-13-12-18-10-6-14-24-18)23-15-17-9-5-8-16-7-3-4-11-19(16)17;/h3-11,14H,2,12-13,15H2,1H3,(H2,21,22,23);1H. The van der Waals surface area contributed by atoms with Gasteiger partial charge < -0.3 is 15.1 Å². The van der Waals surface area contributed by atoms with Crippen molar-refractivity contribution in [1.29, 1.82) is 0 Å². The Morgan fingerprint density at radius 2 is 1.84 bits per heavy atom. The minimum absolute atomic E-state index is 0. The average Bonchev–Trinajstić information content (AvgIpc) is 3.13. The molecule has 0 aliphatic rings. The van der Waals surface area contributed by atoms with Crippen LogP contribution in [-0.4, -0.2) is 19.0 Å². The Morgan fingerprint density at radius 3 is 2.64 bits per heavy atom. The third kappa shape index (κ3) is 5.49. The summed E-state index contributed by atoms with van der Waals surface area (Å²) in [6.07, 6.45) is 2.54. The minimum atomic E-state index is 0. The second-order valence-electron chi connectivity index (χ2n) is 5.59. The van der Waals surface area contributed by atoms with Gasteiger partial charge in [-0.25, -0.2) is 4.99 Å². The van der Waals surface area contributed by atoms with Gasteiger partial charge in [-0.1, -0.05) is 42.5 Å². The number of nitrogens with one attached hydrogen (secondary N) is 2. The molecule has 0 fully saturated rings. The lowest BCUT2D eigenvalue weighted by molar-refractivity contribution is 0.507. The fourth-order valence-electron chi connectivity index (χ4n) is 2.70. The van der Waals surface area contributed by atoms with Crippen LogP contribution in [0.25, 0.3) is 10.8 Å². The lowest BCUT2D eigenvalue weighted by Gasteiger charge is -2.11. The molecule has 2 aromatic carbocycles. The second kappa shape index (κ2) is 10.1. The molecular weight excluding hydrogens is 425 g/mol. The molecule has 0 aliphatic heterocycles. The van der Waals surface area contributed by atoms with Crippen LogP contribution in [0.15, 0.2) is 70.3 Å². The van der Waals surface area contributed by atoms with Crippen molar-refractivity contribution in [3.05, 3.63) is 72.2 Å². The third-order valence-electron chi connectivity index (χ3n) is 3.88. The van der Waals surface area contributed by atoms with Crippen LogP contribution in [0.4, 0.5) is 0 Å². The number of benzene rings is 2. The first-order chi connectivity index (χ1) is 11.9. The molecule has 3 rings (SSSR count). The molecule has 0 saturated carbocycles. The number of rotatable bonds is 6. The molecule has 0 saturated heterocycles. The van der Waals surface area contributed by atoms with Crippen LogP contribution < -0.4 is 10.6 Å². The highest BCUT2D eigenvalue weighted by Gasteiger charge is 2.02. The van der Waals surface area contributed by atoms with Gasteiger partial charge in [0.2, 0.25) is 0 Å². The zero-order chi connectivity index (χ0) is 16.6. The maximum absolute atomic E-state index is 5.35. The van der Waals surface area contributed by atoms with E-state index >= 15 is 0 Å². The van der Waals surface area contributed by atoms with E-state index in [-0.39, 0.29) is 24.0 Å². The van der Waals surface area contributed by atoms with Crippen LogP contribution >= 0.6 is 24.0 Å². The van der Waals surface area contributed by atoms with Gasteiger partial charge >= 0.3 is 0 Å². The quantitative estimate of drug-likeness (QED) is 0.334. The van der Waals surface area contributed by atoms with Crippen LogP contribution in [0, 0.1) is 0 Å². The summed E-state index contributed by atoms with van der Waals surface area (Å²) in [6, 6.07) is 18.7. The summed E-state index contributed by atoms with van der Waals surface area (Å²) in [5.74, 6) is 1.81. The molecule has 0 bridgehead atoms. The lowest BCUT2D eigenvalue weighted by atomic mass is 10.1. The van der Waals surface area contributed by atoms with Gasteiger partial charge in [0, 0.05) is 19.5 Å². The monoisotopic (exact) mass is 449 g/mol. The number of fused-ring (bicyclic) bond motifs is 1. The van der Waals surface area contributed by atoms with E-state index in [1.54, 1.807) is 6.26 Å². The molecule has 132 valence electrons. The summed E-state index contributed by atoms with van der Waals surface area (Å²) in [5.41, 5.74) is 1.23. The highest BCUT2D eigenvalue weighted by Crippen LogP contribution is 2.19. The summed E-state index contributed by atoms with van der Waals surface area (Å²) in [7, 11) is 0. The molecule has 1 aromatic heterocycles. The summed E-state index contributed by atoms with van der Waals surface area (Å²) in [4.78, 5) is 4.72. The van der Waals surface area contributed by atoms with Gasteiger partial charge in [0.05, 0.1) is 12.8 Å². The Bertz CT molecular complexity index is 794. The second-order valence-corrected chi connectivity index (χ2v) is 5.59. The van der Waals surface area contributed by atoms with E-state index in [4.69, 9.17) is 9.41 Å². The van der Waals surface area contributed by atoms with Crippen molar-refractivity contribution in [2.75, 3.05) is 13.1 Å². The smallest absolute Gasteiger partial charge is 0.191 e. The normalized spacial score (nSPS) is 11.2. The molecule has 0 aliphatic carbocycles. The molecule has 0 atom stereocenters. The number of guanidine groups is 1. The van der Waals surface area contributed by atoms with Gasteiger partial charge in [0.25, 0.3) is 0 Å². The van der Waals surface area contributed by atoms with Gasteiger partial charge in [-0.2, -0.15) is 0 Å². The van der Waals surface area contributed by atoms with E-state index in [1.165, 1.54) is 16.3 Å². The SMILES string of the molecule is CCNC(=NCc1cccc2ccccc12)NCCc1ccco1.I. The van der Waals surface area contributed by atoms with Crippen LogP contribution in [0.3, 0.4) is 0 Å². The zero-order valence-electron chi connectivity index (χ0n) is 14.4. The number of furan rings is 1. The Morgan fingerprint density at radius 1 is 1.00 bits per heavy atom. The Hall–Kier alpha value is -2.02. The molecule has 5 heteroatoms. The number of aliphatic imine (C=N–C) groups is 1. The minimum Gasteiger partial charge on any atom is -0.469 e. The molecule has 4 nitrogen and oxygen atoms in total. The van der Waals surface area contributed by atoms with Crippen molar-refractivity contribution in [2.45, 2.75) is 19.9 Å². The molecular formula is C20H24IN3O. The summed E-state index contributed by atoms with van der Waals surface area (Å²) >= 11 is 0. The first-order valence-electron chi connectivity index (χ1n) is 8.38. The summed E-state index contributed by atoms with van der Waals surface area (Å²) in [5, 5.41) is 9.16. The van der Waals surface area contributed by atoms with Gasteiger partial charge in [-0.05, 0) is 35.4 Å². The van der Waals surface area contributed by atoms with Gasteiger partial charge in [0.1, 0.15) is 5.76 Å². The van der Waals surface area contributed by atoms with Crippen molar-refractivity contribution in [1.82, 2.24) is 10.6 Å². The Labute approximate surface area is 165 Å². The largest absolute Gasteiger partial charge is 0.469 e. The first kappa shape index (κ1) is 19.3. The Kier molecular flexibility index (Phi) is 7.78. The predicted molar refractivity (Wildman–Crippen MR) is 115 cm³/mol. The molecule has 3 aromatic rings. The van der Waals surface area contributed by atoms with E-state index in [2.05, 4.69) is 60.0 Å². The van der Waals surface area contributed by atoms with Crippen LogP contribution in [0.1, 0.15) is 18.2 Å². The number of halogens is 1. The molecule has 2 N–H and O–H groups in total. The van der Waals surface area contributed by atoms with Gasteiger partial charge in [0.15, 0.2) is 5.96 Å². The number of nitrogens with zero attached hydrogens (tertiary/aromatic N) is 1. The highest BCUT2D eigenvalue weighted by molar-refractivity contribution is 14.0. The van der Waals surface area contributed by atoms with Crippen LogP contribution in [0.2, 0.25) is 0 Å². The van der Waals surface area contributed by atoms with Crippen LogP contribution in [0.5, 0.6) is 0 Å². The van der Waals surface area contributed by atoms with E-state index in [1.807, 2.05) is 12.1 Å². The van der Waals surface area contributed by atoms with Crippen molar-refractivity contribution < 1.29 is 4.42 Å². The topological polar surface area (TPSA) is 49.6 Å². The molecule has 0 spiro atoms. The van der Waals surface area contributed by atoms with E-state index in [0.717, 1.165) is 31.2 Å². The molecule has 1 heterocycles. The van der Waals surface area contributed by atoms with Crippen LogP contribution in [-0.2, 0) is 13.0 Å². The van der Waals surface area contributed by atoms with Crippen molar-refractivity contribution in [3.8, 4) is 0 Å². The maximum Gasteiger partial charge on any atom is 0.191 e. The van der Waals surface area contributed by atoms with E-state index in [9.17, 15) is 0 Å². The molecule has 0 radical (unpaired) electrons. The third-order valence-corrected chi connectivity index (χ3v) is 3.88. The van der Waals surface area contributed by atoms with Crippen molar-refractivity contribution in [2.24, 2.45) is 4.99 Å². The summed E-state index contributed by atoms with van der Waals surface area (Å²) < 4.78 is 5.35. The number of hydrogen-bond acceptors (Lipinski definition) is 2. The lowest BCUT2D eigenvalue weighted by Crippen LogP contribution is -2.38. The van der Waals surface area contributed by atoms with Crippen molar-refractivity contribution >= 4 is 40.7 Å². The zero-order valence-corrected chi connectivity index (χ0v) is 16.7. The highest BCUT2D eigenvalue weighted by atomic mass is 127. The fourth-order valence-corrected chi connectivity index (χ4v) is 2.70. The maximum atomic E-state index is 5.35. The van der Waals surface area contributed by atoms with E-state index in [0.29, 0.717) is 6.54 Å². The summed E-state index contributed by atoms with van der Waals surface area (Å²) in [6.45, 7) is 4.34. The van der Waals surface area contributed by atoms with Gasteiger partial charge in [-0.15, -0.1) is 24.0 Å². The Balaban J connectivity index is 0.00000225. The molecule has 25 heavy (non-hydrogen) atoms. The van der Waals surface area contributed by atoms with E-state index < -0.39 is 0 Å². The molecule has 0 amide bonds. The average molecular weight is 449 g/mol. The van der Waals surface area contributed by atoms with Gasteiger partial charge in [-0.3, -0.25) is 0 Å². The number of hydrogen-bond donors (Lipinski definition) is 2. The predicted octanol–water partition coefficient (Wildman–Crippen LogP) is 4.35. The molecule has 0 unspecified atom stereocenters. The van der Waals surface area contributed by atoms with Crippen molar-refractivity contribution in [3.63, 3.8) is 0 Å². The fraction of sp³-hybridized carbons (Fsp3) is 0.250.